The topological polar surface area (TPSA) is 20.2 Å². The van der Waals surface area contributed by atoms with Gasteiger partial charge in [0.25, 0.3) is 0 Å². The number of aliphatic hydroxyl groups excluding tert-OH is 1. The van der Waals surface area contributed by atoms with Gasteiger partial charge in [-0.1, -0.05) is 30.3 Å². The number of hydrogen-bond acceptors (Lipinski definition) is 1. The fraction of sp³-hybridized carbons (Fsp3) is 0.250. The van der Waals surface area contributed by atoms with E-state index in [1.165, 1.54) is 6.07 Å². The molecule has 0 bridgehead atoms. The Balaban J connectivity index is 2.09. The highest BCUT2D eigenvalue weighted by molar-refractivity contribution is 5.21. The zero-order valence-corrected chi connectivity index (χ0v) is 10.5. The molecule has 1 nitrogen and oxygen atoms in total. The van der Waals surface area contributed by atoms with E-state index in [1.54, 1.807) is 0 Å². The molecule has 2 rings (SSSR count). The second kappa shape index (κ2) is 6.43. The first-order valence-electron chi connectivity index (χ1n) is 6.27. The molecular weight excluding hydrogens is 246 g/mol. The van der Waals surface area contributed by atoms with Crippen molar-refractivity contribution in [1.29, 1.82) is 0 Å². The lowest BCUT2D eigenvalue weighted by Gasteiger charge is -2.15. The summed E-state index contributed by atoms with van der Waals surface area (Å²) in [4.78, 5) is 0. The summed E-state index contributed by atoms with van der Waals surface area (Å²) in [6.07, 6.45) is 0.974. The molecule has 19 heavy (non-hydrogen) atoms. The van der Waals surface area contributed by atoms with Gasteiger partial charge in [-0.2, -0.15) is 0 Å². The van der Waals surface area contributed by atoms with Crippen LogP contribution in [0.4, 0.5) is 8.78 Å². The van der Waals surface area contributed by atoms with Crippen LogP contribution in [-0.4, -0.2) is 11.7 Å². The highest BCUT2D eigenvalue weighted by Gasteiger charge is 2.13. The molecule has 0 aromatic heterocycles. The Morgan fingerprint density at radius 3 is 2.37 bits per heavy atom. The van der Waals surface area contributed by atoms with E-state index in [9.17, 15) is 13.9 Å². The van der Waals surface area contributed by atoms with Crippen LogP contribution in [0, 0.1) is 17.6 Å². The van der Waals surface area contributed by atoms with Gasteiger partial charge < -0.3 is 5.11 Å². The van der Waals surface area contributed by atoms with Crippen molar-refractivity contribution in [1.82, 2.24) is 0 Å². The van der Waals surface area contributed by atoms with Crippen molar-refractivity contribution in [2.75, 3.05) is 6.61 Å². The minimum absolute atomic E-state index is 0.0507. The molecule has 0 aliphatic rings. The maximum atomic E-state index is 13.6. The van der Waals surface area contributed by atoms with Gasteiger partial charge in [0.1, 0.15) is 11.6 Å². The number of benzene rings is 2. The van der Waals surface area contributed by atoms with Crippen LogP contribution in [0.25, 0.3) is 0 Å². The standard InChI is InChI=1S/C16H16F2O/c17-15-6-7-16(18)14(10-15)9-13(11-19)8-12-4-2-1-3-5-12/h1-7,10,13,19H,8-9,11H2. The quantitative estimate of drug-likeness (QED) is 0.876. The van der Waals surface area contributed by atoms with Crippen molar-refractivity contribution in [3.05, 3.63) is 71.3 Å². The number of aliphatic hydroxyl groups is 1. The second-order valence-corrected chi connectivity index (χ2v) is 4.68. The average Bonchev–Trinajstić information content (AvgIpc) is 2.43. The summed E-state index contributed by atoms with van der Waals surface area (Å²) in [7, 11) is 0. The van der Waals surface area contributed by atoms with Gasteiger partial charge in [-0.15, -0.1) is 0 Å². The Kier molecular flexibility index (Phi) is 4.63. The summed E-state index contributed by atoms with van der Waals surface area (Å²) < 4.78 is 26.7. The van der Waals surface area contributed by atoms with Crippen molar-refractivity contribution in [2.45, 2.75) is 12.8 Å². The molecular formula is C16H16F2O. The van der Waals surface area contributed by atoms with Gasteiger partial charge in [-0.3, -0.25) is 0 Å². The van der Waals surface area contributed by atoms with E-state index in [4.69, 9.17) is 0 Å². The summed E-state index contributed by atoms with van der Waals surface area (Å²) in [6, 6.07) is 13.1. The van der Waals surface area contributed by atoms with E-state index in [-0.39, 0.29) is 12.5 Å². The Morgan fingerprint density at radius 2 is 1.68 bits per heavy atom. The molecule has 2 aromatic rings. The Bertz CT molecular complexity index is 526. The summed E-state index contributed by atoms with van der Waals surface area (Å²) in [5.74, 6) is -0.987. The summed E-state index contributed by atoms with van der Waals surface area (Å²) in [5.41, 5.74) is 1.40. The van der Waals surface area contributed by atoms with Crippen LogP contribution in [0.15, 0.2) is 48.5 Å². The van der Waals surface area contributed by atoms with Crippen molar-refractivity contribution < 1.29 is 13.9 Å². The van der Waals surface area contributed by atoms with E-state index in [2.05, 4.69) is 0 Å². The van der Waals surface area contributed by atoms with E-state index in [0.717, 1.165) is 17.7 Å². The second-order valence-electron chi connectivity index (χ2n) is 4.68. The van der Waals surface area contributed by atoms with Gasteiger partial charge in [0.15, 0.2) is 0 Å². The third-order valence-electron chi connectivity index (χ3n) is 3.14. The number of rotatable bonds is 5. The van der Waals surface area contributed by atoms with Crippen LogP contribution in [0.3, 0.4) is 0 Å². The Labute approximate surface area is 111 Å². The average molecular weight is 262 g/mol. The highest BCUT2D eigenvalue weighted by Crippen LogP contribution is 2.18. The van der Waals surface area contributed by atoms with Crippen LogP contribution in [0.1, 0.15) is 11.1 Å². The molecule has 1 atom stereocenters. The molecule has 100 valence electrons. The van der Waals surface area contributed by atoms with Gasteiger partial charge in [0, 0.05) is 6.61 Å². The molecule has 0 radical (unpaired) electrons. The predicted octanol–water partition coefficient (Wildman–Crippen LogP) is 3.36. The minimum atomic E-state index is -0.451. The SMILES string of the molecule is OCC(Cc1ccccc1)Cc1cc(F)ccc1F. The third-order valence-corrected chi connectivity index (χ3v) is 3.14. The smallest absolute Gasteiger partial charge is 0.126 e. The third kappa shape index (κ3) is 3.86. The molecule has 0 saturated carbocycles. The van der Waals surface area contributed by atoms with Gasteiger partial charge in [0.05, 0.1) is 0 Å². The van der Waals surface area contributed by atoms with Crippen LogP contribution >= 0.6 is 0 Å². The molecule has 1 N–H and O–H groups in total. The maximum absolute atomic E-state index is 13.6. The van der Waals surface area contributed by atoms with E-state index >= 15 is 0 Å². The lowest BCUT2D eigenvalue weighted by molar-refractivity contribution is 0.224. The molecule has 2 aromatic carbocycles. The van der Waals surface area contributed by atoms with Gasteiger partial charge in [-0.05, 0) is 48.1 Å². The van der Waals surface area contributed by atoms with E-state index in [0.29, 0.717) is 18.4 Å². The first-order chi connectivity index (χ1) is 9.19. The molecule has 0 fully saturated rings. The predicted molar refractivity (Wildman–Crippen MR) is 70.8 cm³/mol. The normalized spacial score (nSPS) is 12.4. The van der Waals surface area contributed by atoms with Gasteiger partial charge >= 0.3 is 0 Å². The fourth-order valence-electron chi connectivity index (χ4n) is 2.16. The van der Waals surface area contributed by atoms with E-state index in [1.807, 2.05) is 30.3 Å². The molecule has 0 aliphatic carbocycles. The van der Waals surface area contributed by atoms with Crippen molar-refractivity contribution >= 4 is 0 Å². The molecule has 0 heterocycles. The van der Waals surface area contributed by atoms with Crippen LogP contribution in [0.2, 0.25) is 0 Å². The van der Waals surface area contributed by atoms with Crippen LogP contribution < -0.4 is 0 Å². The monoisotopic (exact) mass is 262 g/mol. The first-order valence-corrected chi connectivity index (χ1v) is 6.27. The minimum Gasteiger partial charge on any atom is -0.396 e. The summed E-state index contributed by atoms with van der Waals surface area (Å²) >= 11 is 0. The molecule has 0 amide bonds. The van der Waals surface area contributed by atoms with Crippen molar-refractivity contribution in [2.24, 2.45) is 5.92 Å². The lowest BCUT2D eigenvalue weighted by atomic mass is 9.93. The molecule has 0 saturated heterocycles. The lowest BCUT2D eigenvalue weighted by Crippen LogP contribution is -2.14. The van der Waals surface area contributed by atoms with Crippen molar-refractivity contribution in [3.8, 4) is 0 Å². The van der Waals surface area contributed by atoms with Crippen LogP contribution in [0.5, 0.6) is 0 Å². The van der Waals surface area contributed by atoms with Crippen LogP contribution in [-0.2, 0) is 12.8 Å². The zero-order chi connectivity index (χ0) is 13.7. The zero-order valence-electron chi connectivity index (χ0n) is 10.5. The summed E-state index contributed by atoms with van der Waals surface area (Å²) in [6.45, 7) is -0.0507. The van der Waals surface area contributed by atoms with Gasteiger partial charge in [0.2, 0.25) is 0 Å². The number of hydrogen-bond donors (Lipinski definition) is 1. The molecule has 0 aliphatic heterocycles. The maximum Gasteiger partial charge on any atom is 0.126 e. The fourth-order valence-corrected chi connectivity index (χ4v) is 2.16. The first kappa shape index (κ1) is 13.7. The summed E-state index contributed by atoms with van der Waals surface area (Å²) in [5, 5.41) is 9.39. The Morgan fingerprint density at radius 1 is 0.947 bits per heavy atom. The Hall–Kier alpha value is -1.74. The van der Waals surface area contributed by atoms with Gasteiger partial charge in [-0.25, -0.2) is 8.78 Å². The van der Waals surface area contributed by atoms with Crippen molar-refractivity contribution in [3.63, 3.8) is 0 Å². The largest absolute Gasteiger partial charge is 0.396 e. The molecule has 0 spiro atoms. The molecule has 1 unspecified atom stereocenters. The highest BCUT2D eigenvalue weighted by atomic mass is 19.1. The van der Waals surface area contributed by atoms with E-state index < -0.39 is 11.6 Å². The molecule has 3 heteroatoms. The number of halogens is 2.